The number of nitrogens with two attached hydrogens (primary N) is 3. The van der Waals surface area contributed by atoms with E-state index in [0.717, 1.165) is 0 Å². The van der Waals surface area contributed by atoms with Crippen molar-refractivity contribution in [3.8, 4) is 0 Å². The second kappa shape index (κ2) is 35.1. The first-order valence-corrected chi connectivity index (χ1v) is 25.9. The molecular formula is C51H87N11O12. The van der Waals surface area contributed by atoms with Gasteiger partial charge < -0.3 is 69.9 Å². The van der Waals surface area contributed by atoms with Gasteiger partial charge in [0.2, 0.25) is 47.3 Å². The molecule has 0 saturated carbocycles. The lowest BCUT2D eigenvalue weighted by Crippen LogP contribution is -2.61. The summed E-state index contributed by atoms with van der Waals surface area (Å²) in [6, 6.07) is -1.71. The maximum Gasteiger partial charge on any atom is 0.326 e. The monoisotopic (exact) mass is 1050 g/mol. The predicted octanol–water partition coefficient (Wildman–Crippen LogP) is 0.0679. The van der Waals surface area contributed by atoms with Crippen molar-refractivity contribution in [3.05, 3.63) is 35.9 Å². The van der Waals surface area contributed by atoms with Crippen LogP contribution in [-0.4, -0.2) is 137 Å². The Morgan fingerprint density at radius 3 is 1.49 bits per heavy atom. The molecule has 0 heterocycles. The van der Waals surface area contributed by atoms with Crippen molar-refractivity contribution in [2.24, 2.45) is 40.9 Å². The lowest BCUT2D eigenvalue weighted by molar-refractivity contribution is -0.142. The van der Waals surface area contributed by atoms with Crippen LogP contribution >= 0.6 is 0 Å². The number of benzene rings is 1. The highest BCUT2D eigenvalue weighted by atomic mass is 16.4. The molecule has 0 aliphatic carbocycles. The molecule has 0 radical (unpaired) electrons. The molecule has 0 unspecified atom stereocenters. The number of carboxylic acids is 2. The van der Waals surface area contributed by atoms with Gasteiger partial charge in [-0.25, -0.2) is 4.79 Å². The van der Waals surface area contributed by atoms with E-state index >= 15 is 0 Å². The summed E-state index contributed by atoms with van der Waals surface area (Å²) in [5.74, 6) is -10.0. The molecule has 9 atom stereocenters. The predicted molar refractivity (Wildman–Crippen MR) is 278 cm³/mol. The Kier molecular flexibility index (Phi) is 31.2. The molecule has 74 heavy (non-hydrogen) atoms. The van der Waals surface area contributed by atoms with Crippen LogP contribution in [0, 0.1) is 23.7 Å². The van der Waals surface area contributed by atoms with E-state index in [9.17, 15) is 58.2 Å². The summed E-state index contributed by atoms with van der Waals surface area (Å²) in [6.45, 7) is 14.4. The highest BCUT2D eigenvalue weighted by Crippen LogP contribution is 2.15. The fraction of sp³-hybridized carbons (Fsp3) is 0.686. The van der Waals surface area contributed by atoms with Gasteiger partial charge in [0.25, 0.3) is 0 Å². The van der Waals surface area contributed by atoms with Crippen molar-refractivity contribution in [1.82, 2.24) is 42.5 Å². The summed E-state index contributed by atoms with van der Waals surface area (Å²) < 4.78 is 0. The van der Waals surface area contributed by atoms with E-state index < -0.39 is 126 Å². The van der Waals surface area contributed by atoms with E-state index in [4.69, 9.17) is 17.2 Å². The number of rotatable bonds is 37. The number of aliphatic carboxylic acids is 2. The Morgan fingerprint density at radius 2 is 0.973 bits per heavy atom. The molecule has 0 aliphatic heterocycles. The third-order valence-electron chi connectivity index (χ3n) is 12.1. The van der Waals surface area contributed by atoms with Crippen LogP contribution in [0.15, 0.2) is 30.3 Å². The molecule has 0 saturated heterocycles. The summed E-state index contributed by atoms with van der Waals surface area (Å²) >= 11 is 0. The topological polar surface area (TPSA) is 385 Å². The Bertz CT molecular complexity index is 1970. The Hall–Kier alpha value is -6.20. The minimum atomic E-state index is -1.79. The van der Waals surface area contributed by atoms with Crippen molar-refractivity contribution < 1.29 is 58.2 Å². The number of nitrogens with one attached hydrogen (secondary N) is 8. The normalized spacial score (nSPS) is 14.9. The number of carbonyl (C=O) groups excluding carboxylic acids is 8. The summed E-state index contributed by atoms with van der Waals surface area (Å²) in [6.07, 6.45) is 2.40. The summed E-state index contributed by atoms with van der Waals surface area (Å²) in [5, 5.41) is 40.1. The number of unbranched alkanes of at least 4 members (excludes halogenated alkanes) is 2. The maximum absolute atomic E-state index is 14.3. The summed E-state index contributed by atoms with van der Waals surface area (Å²) in [5.41, 5.74) is 18.0. The first-order valence-electron chi connectivity index (χ1n) is 25.9. The molecule has 0 fully saturated rings. The van der Waals surface area contributed by atoms with E-state index in [1.54, 1.807) is 58.0 Å². The van der Waals surface area contributed by atoms with Crippen LogP contribution in [0.25, 0.3) is 0 Å². The third-order valence-corrected chi connectivity index (χ3v) is 12.1. The lowest BCUT2D eigenvalue weighted by atomic mass is 9.96. The Morgan fingerprint density at radius 1 is 0.514 bits per heavy atom. The van der Waals surface area contributed by atoms with Gasteiger partial charge in [-0.15, -0.1) is 0 Å². The van der Waals surface area contributed by atoms with Crippen LogP contribution in [0.5, 0.6) is 0 Å². The van der Waals surface area contributed by atoms with Crippen LogP contribution in [0.1, 0.15) is 132 Å². The summed E-state index contributed by atoms with van der Waals surface area (Å²) in [4.78, 5) is 134. The average molecular weight is 1050 g/mol. The van der Waals surface area contributed by atoms with E-state index in [1.807, 2.05) is 27.7 Å². The summed E-state index contributed by atoms with van der Waals surface area (Å²) in [7, 11) is 0. The van der Waals surface area contributed by atoms with Gasteiger partial charge in [-0.1, -0.05) is 98.6 Å². The molecule has 0 spiro atoms. The molecule has 1 aromatic carbocycles. The smallest absolute Gasteiger partial charge is 0.326 e. The van der Waals surface area contributed by atoms with Crippen molar-refractivity contribution in [3.63, 3.8) is 0 Å². The third kappa shape index (κ3) is 26.1. The molecule has 418 valence electrons. The molecule has 16 N–H and O–H groups in total. The maximum atomic E-state index is 14.3. The standard InChI is InChI=1S/C51H87N11O12/c1-9-32(8)43(50(72)61-39(27-42(64)65)48(70)60-38(26-33-17-11-10-12-18-33)45(67)55-28-41(63)56-40(51(73)74)25-31(6)7)62-49(71)37(24-30(4)5)59-46(68)35(20-14-16-22-53)57-47(69)36(23-29(2)3)58-44(66)34(54)19-13-15-21-52/h10-12,17-18,29-32,34-40,43H,9,13-16,19-28,52-54H2,1-8H3,(H,55,67)(H,56,63)(H,57,69)(H,58,66)(H,59,68)(H,60,70)(H,61,72)(H,62,71)(H,64,65)(H,73,74)/t32-,34-,35-,36-,37-,38-,39-,40-,43-/m0/s1. The van der Waals surface area contributed by atoms with E-state index in [0.29, 0.717) is 57.2 Å². The number of hydrogen-bond acceptors (Lipinski definition) is 13. The minimum absolute atomic E-state index is 0.0427. The van der Waals surface area contributed by atoms with Crippen molar-refractivity contribution in [2.45, 2.75) is 181 Å². The molecule has 0 aliphatic rings. The average Bonchev–Trinajstić information content (AvgIpc) is 3.32. The van der Waals surface area contributed by atoms with Gasteiger partial charge in [0.1, 0.15) is 42.3 Å². The van der Waals surface area contributed by atoms with Crippen molar-refractivity contribution >= 4 is 59.2 Å². The highest BCUT2D eigenvalue weighted by molar-refractivity contribution is 5.98. The van der Waals surface area contributed by atoms with E-state index in [2.05, 4.69) is 42.5 Å². The largest absolute Gasteiger partial charge is 0.481 e. The Labute approximate surface area is 435 Å². The van der Waals surface area contributed by atoms with Crippen LogP contribution in [-0.2, 0) is 54.4 Å². The Balaban J connectivity index is 3.44. The lowest BCUT2D eigenvalue weighted by Gasteiger charge is -2.30. The van der Waals surface area contributed by atoms with Gasteiger partial charge in [-0.05, 0) is 93.7 Å². The number of hydrogen-bond donors (Lipinski definition) is 13. The van der Waals surface area contributed by atoms with Gasteiger partial charge in [-0.3, -0.25) is 43.2 Å². The van der Waals surface area contributed by atoms with Gasteiger partial charge in [0, 0.05) is 6.42 Å². The highest BCUT2D eigenvalue weighted by Gasteiger charge is 2.36. The molecule has 23 heteroatoms. The fourth-order valence-corrected chi connectivity index (χ4v) is 7.79. The molecule has 23 nitrogen and oxygen atoms in total. The van der Waals surface area contributed by atoms with Crippen LogP contribution < -0.4 is 59.7 Å². The molecule has 8 amide bonds. The van der Waals surface area contributed by atoms with Crippen LogP contribution in [0.3, 0.4) is 0 Å². The molecule has 0 aromatic heterocycles. The van der Waals surface area contributed by atoms with Crippen LogP contribution in [0.2, 0.25) is 0 Å². The number of carboxylic acid groups (broad SMARTS) is 2. The van der Waals surface area contributed by atoms with E-state index in [1.165, 1.54) is 0 Å². The van der Waals surface area contributed by atoms with Crippen molar-refractivity contribution in [1.29, 1.82) is 0 Å². The second-order valence-corrected chi connectivity index (χ2v) is 20.2. The molecular weight excluding hydrogens is 959 g/mol. The number of amides is 8. The zero-order valence-electron chi connectivity index (χ0n) is 44.6. The van der Waals surface area contributed by atoms with E-state index in [-0.39, 0.29) is 49.9 Å². The van der Waals surface area contributed by atoms with Crippen molar-refractivity contribution in [2.75, 3.05) is 19.6 Å². The number of carbonyl (C=O) groups is 10. The SMILES string of the molecule is CC[C@H](C)[C@H](NC(=O)[C@H](CC(C)C)NC(=O)[C@H](CCCCN)NC(=O)[C@H](CC(C)C)NC(=O)[C@@H](N)CCCCN)C(=O)N[C@@H](CC(=O)O)C(=O)N[C@@H](Cc1ccccc1)C(=O)NCC(=O)N[C@@H](CC(C)C)C(=O)O. The van der Waals surface area contributed by atoms with Gasteiger partial charge in [-0.2, -0.15) is 0 Å². The zero-order chi connectivity index (χ0) is 56.1. The molecule has 0 bridgehead atoms. The van der Waals surface area contributed by atoms with Crippen LogP contribution in [0.4, 0.5) is 0 Å². The van der Waals surface area contributed by atoms with Gasteiger partial charge >= 0.3 is 11.9 Å². The fourth-order valence-electron chi connectivity index (χ4n) is 7.79. The second-order valence-electron chi connectivity index (χ2n) is 20.2. The van der Waals surface area contributed by atoms with Gasteiger partial charge in [0.05, 0.1) is 19.0 Å². The zero-order valence-corrected chi connectivity index (χ0v) is 44.6. The quantitative estimate of drug-likeness (QED) is 0.0392. The molecule has 1 rings (SSSR count). The molecule has 1 aromatic rings. The van der Waals surface area contributed by atoms with Gasteiger partial charge in [0.15, 0.2) is 0 Å². The minimum Gasteiger partial charge on any atom is -0.481 e. The first-order chi connectivity index (χ1) is 34.8. The first kappa shape index (κ1) is 65.8.